The van der Waals surface area contributed by atoms with E-state index in [9.17, 15) is 18.8 Å². The van der Waals surface area contributed by atoms with Crippen molar-refractivity contribution in [3.05, 3.63) is 78.1 Å². The quantitative estimate of drug-likeness (QED) is 0.630. The van der Waals surface area contributed by atoms with Crippen molar-refractivity contribution in [2.24, 2.45) is 5.92 Å². The Balaban J connectivity index is 1.77. The number of hydrogen-bond donors (Lipinski definition) is 0. The van der Waals surface area contributed by atoms with Crippen LogP contribution in [-0.2, 0) is 24.7 Å². The Kier molecular flexibility index (Phi) is 3.68. The number of carbonyl (C=O) groups is 3. The van der Waals surface area contributed by atoms with E-state index in [1.54, 1.807) is 30.3 Å². The summed E-state index contributed by atoms with van der Waals surface area (Å²) in [7, 11) is 0. The average Bonchev–Trinajstić information content (AvgIpc) is 3.17. The second kappa shape index (κ2) is 5.91. The molecule has 0 bridgehead atoms. The van der Waals surface area contributed by atoms with E-state index in [-0.39, 0.29) is 12.3 Å². The number of carbonyl (C=O) groups excluding carboxylic acids is 3. The number of esters is 1. The molecule has 0 unspecified atom stereocenters. The molecule has 2 atom stereocenters. The summed E-state index contributed by atoms with van der Waals surface area (Å²) in [5, 5.41) is 0. The fourth-order valence-electron chi connectivity index (χ4n) is 3.50. The third-order valence-electron chi connectivity index (χ3n) is 4.71. The first-order valence-electron chi connectivity index (χ1n) is 8.11. The van der Waals surface area contributed by atoms with E-state index in [0.717, 1.165) is 4.90 Å². The number of rotatable bonds is 3. The summed E-state index contributed by atoms with van der Waals surface area (Å²) < 4.78 is 18.8. The molecule has 0 N–H and O–H groups in total. The van der Waals surface area contributed by atoms with Crippen LogP contribution in [0.4, 0.5) is 10.1 Å². The molecule has 6 heteroatoms. The van der Waals surface area contributed by atoms with Crippen molar-refractivity contribution in [2.45, 2.75) is 12.0 Å². The van der Waals surface area contributed by atoms with E-state index in [1.807, 2.05) is 0 Å². The van der Waals surface area contributed by atoms with Crippen molar-refractivity contribution in [1.29, 1.82) is 0 Å². The summed E-state index contributed by atoms with van der Waals surface area (Å²) in [5.41, 5.74) is -0.504. The first-order chi connectivity index (χ1) is 12.5. The lowest BCUT2D eigenvalue weighted by Crippen LogP contribution is -2.40. The molecule has 2 aromatic carbocycles. The van der Waals surface area contributed by atoms with Crippen molar-refractivity contribution in [3.8, 4) is 0 Å². The first kappa shape index (κ1) is 16.2. The number of benzene rings is 2. The normalized spacial score (nSPS) is 25.0. The Labute approximate surface area is 148 Å². The van der Waals surface area contributed by atoms with Crippen LogP contribution in [0.5, 0.6) is 0 Å². The Morgan fingerprint density at radius 2 is 1.69 bits per heavy atom. The van der Waals surface area contributed by atoms with Crippen LogP contribution in [0.3, 0.4) is 0 Å². The SMILES string of the molecule is O=C1C=C[C@@](c2ccc(F)cc2)([C@H]2CC(=O)N(c3ccccc3)C2=O)O1. The van der Waals surface area contributed by atoms with E-state index >= 15 is 0 Å². The molecule has 0 radical (unpaired) electrons. The number of imide groups is 1. The minimum atomic E-state index is -1.42. The highest BCUT2D eigenvalue weighted by Gasteiger charge is 2.55. The first-order valence-corrected chi connectivity index (χ1v) is 8.11. The van der Waals surface area contributed by atoms with Gasteiger partial charge >= 0.3 is 5.97 Å². The highest BCUT2D eigenvalue weighted by molar-refractivity contribution is 6.21. The predicted molar refractivity (Wildman–Crippen MR) is 90.4 cm³/mol. The molecule has 4 rings (SSSR count). The molecule has 0 saturated carbocycles. The lowest BCUT2D eigenvalue weighted by atomic mass is 9.80. The number of hydrogen-bond acceptors (Lipinski definition) is 4. The minimum Gasteiger partial charge on any atom is -0.446 e. The minimum absolute atomic E-state index is 0.108. The highest BCUT2D eigenvalue weighted by atomic mass is 19.1. The number of para-hydroxylation sites is 1. The van der Waals surface area contributed by atoms with Crippen LogP contribution in [0, 0.1) is 11.7 Å². The average molecular weight is 351 g/mol. The fourth-order valence-corrected chi connectivity index (χ4v) is 3.50. The maximum atomic E-state index is 13.3. The molecule has 2 aromatic rings. The van der Waals surface area contributed by atoms with Crippen LogP contribution in [0.15, 0.2) is 66.7 Å². The lowest BCUT2D eigenvalue weighted by molar-refractivity contribution is -0.153. The van der Waals surface area contributed by atoms with Crippen LogP contribution < -0.4 is 4.90 Å². The van der Waals surface area contributed by atoms with E-state index < -0.39 is 29.2 Å². The molecule has 0 spiro atoms. The molecule has 2 aliphatic rings. The second-order valence-corrected chi connectivity index (χ2v) is 6.21. The van der Waals surface area contributed by atoms with Gasteiger partial charge < -0.3 is 4.74 Å². The number of cyclic esters (lactones) is 1. The maximum absolute atomic E-state index is 13.3. The molecule has 5 nitrogen and oxygen atoms in total. The number of nitrogens with zero attached hydrogens (tertiary/aromatic N) is 1. The Morgan fingerprint density at radius 1 is 1.00 bits per heavy atom. The predicted octanol–water partition coefficient (Wildman–Crippen LogP) is 2.71. The van der Waals surface area contributed by atoms with Crippen LogP contribution in [0.2, 0.25) is 0 Å². The van der Waals surface area contributed by atoms with Crippen molar-refractivity contribution in [2.75, 3.05) is 4.90 Å². The summed E-state index contributed by atoms with van der Waals surface area (Å²) in [6, 6.07) is 14.0. The molecule has 26 heavy (non-hydrogen) atoms. The Hall–Kier alpha value is -3.28. The summed E-state index contributed by atoms with van der Waals surface area (Å²) in [6.45, 7) is 0. The van der Waals surface area contributed by atoms with Crippen LogP contribution in [0.1, 0.15) is 12.0 Å². The van der Waals surface area contributed by atoms with Crippen molar-refractivity contribution in [3.63, 3.8) is 0 Å². The molecule has 2 heterocycles. The maximum Gasteiger partial charge on any atom is 0.331 e. The van der Waals surface area contributed by atoms with Gasteiger partial charge in [-0.15, -0.1) is 0 Å². The molecule has 2 aliphatic heterocycles. The summed E-state index contributed by atoms with van der Waals surface area (Å²) in [4.78, 5) is 38.5. The van der Waals surface area contributed by atoms with Crippen LogP contribution in [-0.4, -0.2) is 17.8 Å². The molecule has 130 valence electrons. The summed E-state index contributed by atoms with van der Waals surface area (Å²) >= 11 is 0. The van der Waals surface area contributed by atoms with Gasteiger partial charge in [0.15, 0.2) is 5.60 Å². The largest absolute Gasteiger partial charge is 0.446 e. The molecule has 0 aromatic heterocycles. The van der Waals surface area contributed by atoms with Gasteiger partial charge in [-0.25, -0.2) is 9.18 Å². The third-order valence-corrected chi connectivity index (χ3v) is 4.71. The molecule has 2 amide bonds. The zero-order valence-electron chi connectivity index (χ0n) is 13.6. The van der Waals surface area contributed by atoms with E-state index in [2.05, 4.69) is 0 Å². The van der Waals surface area contributed by atoms with Gasteiger partial charge in [0.25, 0.3) is 0 Å². The van der Waals surface area contributed by atoms with Crippen LogP contribution >= 0.6 is 0 Å². The molecule has 1 fully saturated rings. The van der Waals surface area contributed by atoms with Gasteiger partial charge in [-0.1, -0.05) is 30.3 Å². The van der Waals surface area contributed by atoms with Gasteiger partial charge in [-0.3, -0.25) is 14.5 Å². The Bertz CT molecular complexity index is 923. The second-order valence-electron chi connectivity index (χ2n) is 6.21. The third kappa shape index (κ3) is 2.42. The van der Waals surface area contributed by atoms with Crippen molar-refractivity contribution in [1.82, 2.24) is 0 Å². The molecular formula is C20H14FNO4. The Morgan fingerprint density at radius 3 is 2.31 bits per heavy atom. The van der Waals surface area contributed by atoms with Gasteiger partial charge in [0.1, 0.15) is 5.82 Å². The van der Waals surface area contributed by atoms with Gasteiger partial charge in [0.05, 0.1) is 11.6 Å². The monoisotopic (exact) mass is 351 g/mol. The topological polar surface area (TPSA) is 63.7 Å². The molecule has 0 aliphatic carbocycles. The highest BCUT2D eigenvalue weighted by Crippen LogP contribution is 2.45. The van der Waals surface area contributed by atoms with E-state index in [0.29, 0.717) is 11.3 Å². The van der Waals surface area contributed by atoms with E-state index in [1.165, 1.54) is 36.4 Å². The number of anilines is 1. The van der Waals surface area contributed by atoms with Crippen LogP contribution in [0.25, 0.3) is 0 Å². The number of halogens is 1. The number of ether oxygens (including phenoxy) is 1. The standard InChI is InChI=1S/C20H14FNO4/c21-14-8-6-13(7-9-14)20(11-10-18(24)26-20)16-12-17(23)22(19(16)25)15-4-2-1-3-5-15/h1-11,16H,12H2/t16-,20+/m0/s1. The zero-order chi connectivity index (χ0) is 18.3. The summed E-state index contributed by atoms with van der Waals surface area (Å²) in [5.74, 6) is -2.79. The molecule has 1 saturated heterocycles. The smallest absolute Gasteiger partial charge is 0.331 e. The van der Waals surface area contributed by atoms with Crippen molar-refractivity contribution < 1.29 is 23.5 Å². The molecular weight excluding hydrogens is 337 g/mol. The van der Waals surface area contributed by atoms with Gasteiger partial charge in [0.2, 0.25) is 11.8 Å². The zero-order valence-corrected chi connectivity index (χ0v) is 13.6. The van der Waals surface area contributed by atoms with Crippen molar-refractivity contribution >= 4 is 23.5 Å². The van der Waals surface area contributed by atoms with Gasteiger partial charge in [-0.2, -0.15) is 0 Å². The number of amides is 2. The lowest BCUT2D eigenvalue weighted by Gasteiger charge is -2.31. The van der Waals surface area contributed by atoms with Gasteiger partial charge in [-0.05, 0) is 30.3 Å². The van der Waals surface area contributed by atoms with Gasteiger partial charge in [0, 0.05) is 18.1 Å². The fraction of sp³-hybridized carbons (Fsp3) is 0.150. The summed E-state index contributed by atoms with van der Waals surface area (Å²) in [6.07, 6.45) is 2.60. The van der Waals surface area contributed by atoms with E-state index in [4.69, 9.17) is 4.74 Å².